The molecule has 7 nitrogen and oxygen atoms in total. The van der Waals surface area contributed by atoms with E-state index in [1.54, 1.807) is 13.8 Å². The van der Waals surface area contributed by atoms with Crippen molar-refractivity contribution in [3.05, 3.63) is 0 Å². The van der Waals surface area contributed by atoms with Crippen molar-refractivity contribution in [2.75, 3.05) is 6.54 Å². The van der Waals surface area contributed by atoms with Crippen LogP contribution < -0.4 is 5.32 Å². The first-order chi connectivity index (χ1) is 8.82. The molecule has 3 amide bonds. The van der Waals surface area contributed by atoms with E-state index in [0.717, 1.165) is 4.90 Å². The SMILES string of the molecule is CC(C)[C@H](NC(=O)CCN1C(=O)CCC1=O)C(=O)O. The molecule has 0 unspecified atom stereocenters. The van der Waals surface area contributed by atoms with Crippen LogP contribution in [0.1, 0.15) is 33.1 Å². The number of imide groups is 1. The molecule has 106 valence electrons. The van der Waals surface area contributed by atoms with Crippen LogP contribution in [0.2, 0.25) is 0 Å². The normalized spacial score (nSPS) is 16.9. The first-order valence-corrected chi connectivity index (χ1v) is 6.18. The second-order valence-corrected chi connectivity index (χ2v) is 4.82. The Labute approximate surface area is 110 Å². The van der Waals surface area contributed by atoms with Crippen molar-refractivity contribution in [2.45, 2.75) is 39.2 Å². The molecule has 0 aromatic heterocycles. The number of nitrogens with zero attached hydrogens (tertiary/aromatic N) is 1. The summed E-state index contributed by atoms with van der Waals surface area (Å²) in [6.07, 6.45) is 0.294. The van der Waals surface area contributed by atoms with E-state index >= 15 is 0 Å². The van der Waals surface area contributed by atoms with Crippen LogP contribution in [-0.2, 0) is 19.2 Å². The summed E-state index contributed by atoms with van der Waals surface area (Å²) in [5.74, 6) is -2.38. The summed E-state index contributed by atoms with van der Waals surface area (Å²) in [6, 6.07) is -0.961. The number of likely N-dealkylation sites (tertiary alicyclic amines) is 1. The van der Waals surface area contributed by atoms with Crippen LogP contribution in [-0.4, -0.2) is 46.3 Å². The van der Waals surface area contributed by atoms with Gasteiger partial charge in [-0.25, -0.2) is 4.79 Å². The molecule has 19 heavy (non-hydrogen) atoms. The number of hydrogen-bond donors (Lipinski definition) is 2. The summed E-state index contributed by atoms with van der Waals surface area (Å²) in [4.78, 5) is 46.2. The molecule has 1 aliphatic heterocycles. The molecule has 0 radical (unpaired) electrons. The number of amides is 3. The number of carbonyl (C=O) groups excluding carboxylic acids is 3. The van der Waals surface area contributed by atoms with Crippen molar-refractivity contribution in [1.29, 1.82) is 0 Å². The average Bonchev–Trinajstić information content (AvgIpc) is 2.62. The molecule has 1 rings (SSSR count). The van der Waals surface area contributed by atoms with E-state index in [0.29, 0.717) is 0 Å². The first kappa shape index (κ1) is 15.1. The Morgan fingerprint density at radius 3 is 2.21 bits per heavy atom. The standard InChI is InChI=1S/C12H18N2O5/c1-7(2)11(12(18)19)13-8(15)5-6-14-9(16)3-4-10(14)17/h7,11H,3-6H2,1-2H3,(H,13,15)(H,18,19)/t11-/m0/s1. The van der Waals surface area contributed by atoms with Gasteiger partial charge in [-0.1, -0.05) is 13.8 Å². The zero-order valence-corrected chi connectivity index (χ0v) is 11.0. The molecular weight excluding hydrogens is 252 g/mol. The van der Waals surface area contributed by atoms with Gasteiger partial charge in [0, 0.05) is 25.8 Å². The van der Waals surface area contributed by atoms with E-state index in [1.807, 2.05) is 0 Å². The second kappa shape index (κ2) is 6.31. The third kappa shape index (κ3) is 4.04. The van der Waals surface area contributed by atoms with Gasteiger partial charge in [-0.3, -0.25) is 19.3 Å². The Morgan fingerprint density at radius 2 is 1.79 bits per heavy atom. The van der Waals surface area contributed by atoms with Crippen LogP contribution in [0.4, 0.5) is 0 Å². The number of carboxylic acids is 1. The largest absolute Gasteiger partial charge is 0.480 e. The summed E-state index contributed by atoms with van der Waals surface area (Å²) in [5, 5.41) is 11.3. The van der Waals surface area contributed by atoms with Gasteiger partial charge in [0.1, 0.15) is 6.04 Å². The van der Waals surface area contributed by atoms with E-state index < -0.39 is 17.9 Å². The monoisotopic (exact) mass is 270 g/mol. The van der Waals surface area contributed by atoms with Crippen molar-refractivity contribution in [1.82, 2.24) is 10.2 Å². The maximum atomic E-state index is 11.6. The van der Waals surface area contributed by atoms with Crippen LogP contribution >= 0.6 is 0 Å². The van der Waals surface area contributed by atoms with Crippen molar-refractivity contribution in [3.8, 4) is 0 Å². The van der Waals surface area contributed by atoms with Crippen LogP contribution in [0.25, 0.3) is 0 Å². The van der Waals surface area contributed by atoms with Gasteiger partial charge in [0.2, 0.25) is 17.7 Å². The van der Waals surface area contributed by atoms with Gasteiger partial charge in [-0.2, -0.15) is 0 Å². The zero-order valence-electron chi connectivity index (χ0n) is 11.0. The highest BCUT2D eigenvalue weighted by Crippen LogP contribution is 2.12. The van der Waals surface area contributed by atoms with Crippen LogP contribution in [0.15, 0.2) is 0 Å². The minimum Gasteiger partial charge on any atom is -0.480 e. The lowest BCUT2D eigenvalue weighted by Gasteiger charge is -2.19. The lowest BCUT2D eigenvalue weighted by molar-refractivity contribution is -0.144. The van der Waals surface area contributed by atoms with Gasteiger partial charge < -0.3 is 10.4 Å². The van der Waals surface area contributed by atoms with Gasteiger partial charge in [-0.15, -0.1) is 0 Å². The van der Waals surface area contributed by atoms with Crippen LogP contribution in [0.3, 0.4) is 0 Å². The average molecular weight is 270 g/mol. The molecule has 2 N–H and O–H groups in total. The molecule has 0 saturated carbocycles. The van der Waals surface area contributed by atoms with Gasteiger partial charge in [0.05, 0.1) is 0 Å². The number of carboxylic acid groups (broad SMARTS) is 1. The lowest BCUT2D eigenvalue weighted by atomic mass is 10.0. The third-order valence-electron chi connectivity index (χ3n) is 2.97. The zero-order chi connectivity index (χ0) is 14.6. The molecule has 0 aromatic rings. The Bertz CT molecular complexity index is 389. The summed E-state index contributed by atoms with van der Waals surface area (Å²) < 4.78 is 0. The number of nitrogens with one attached hydrogen (secondary N) is 1. The van der Waals surface area contributed by atoms with E-state index in [2.05, 4.69) is 5.32 Å². The Morgan fingerprint density at radius 1 is 1.26 bits per heavy atom. The molecule has 1 atom stereocenters. The Balaban J connectivity index is 2.45. The molecule has 1 aliphatic rings. The molecular formula is C12H18N2O5. The van der Waals surface area contributed by atoms with Crippen molar-refractivity contribution < 1.29 is 24.3 Å². The van der Waals surface area contributed by atoms with E-state index in [-0.39, 0.29) is 43.5 Å². The highest BCUT2D eigenvalue weighted by molar-refractivity contribution is 6.02. The molecule has 0 spiro atoms. The molecule has 7 heteroatoms. The Kier molecular flexibility index (Phi) is 5.02. The fraction of sp³-hybridized carbons (Fsp3) is 0.667. The van der Waals surface area contributed by atoms with Gasteiger partial charge in [-0.05, 0) is 5.92 Å². The maximum absolute atomic E-state index is 11.6. The second-order valence-electron chi connectivity index (χ2n) is 4.82. The predicted octanol–water partition coefficient (Wildman–Crippen LogP) is -0.249. The van der Waals surface area contributed by atoms with Crippen molar-refractivity contribution in [2.24, 2.45) is 5.92 Å². The van der Waals surface area contributed by atoms with E-state index in [4.69, 9.17) is 5.11 Å². The van der Waals surface area contributed by atoms with Crippen molar-refractivity contribution >= 4 is 23.7 Å². The highest BCUT2D eigenvalue weighted by Gasteiger charge is 2.29. The minimum absolute atomic E-state index is 0.00787. The summed E-state index contributed by atoms with van der Waals surface area (Å²) in [5.41, 5.74) is 0. The summed E-state index contributed by atoms with van der Waals surface area (Å²) in [7, 11) is 0. The summed E-state index contributed by atoms with van der Waals surface area (Å²) in [6.45, 7) is 3.38. The third-order valence-corrected chi connectivity index (χ3v) is 2.97. The number of aliphatic carboxylic acids is 1. The quantitative estimate of drug-likeness (QED) is 0.648. The fourth-order valence-corrected chi connectivity index (χ4v) is 1.84. The first-order valence-electron chi connectivity index (χ1n) is 6.18. The topological polar surface area (TPSA) is 104 Å². The predicted molar refractivity (Wildman–Crippen MR) is 65.0 cm³/mol. The molecule has 1 fully saturated rings. The number of hydrogen-bond acceptors (Lipinski definition) is 4. The molecule has 0 aliphatic carbocycles. The van der Waals surface area contributed by atoms with Gasteiger partial charge in [0.15, 0.2) is 0 Å². The summed E-state index contributed by atoms with van der Waals surface area (Å²) >= 11 is 0. The smallest absolute Gasteiger partial charge is 0.326 e. The van der Waals surface area contributed by atoms with Crippen LogP contribution in [0.5, 0.6) is 0 Å². The highest BCUT2D eigenvalue weighted by atomic mass is 16.4. The van der Waals surface area contributed by atoms with Crippen molar-refractivity contribution in [3.63, 3.8) is 0 Å². The molecule has 0 bridgehead atoms. The number of rotatable bonds is 6. The van der Waals surface area contributed by atoms with Crippen LogP contribution in [0, 0.1) is 5.92 Å². The fourth-order valence-electron chi connectivity index (χ4n) is 1.84. The molecule has 0 aromatic carbocycles. The van der Waals surface area contributed by atoms with E-state index in [9.17, 15) is 19.2 Å². The lowest BCUT2D eigenvalue weighted by Crippen LogP contribution is -2.45. The van der Waals surface area contributed by atoms with E-state index in [1.165, 1.54) is 0 Å². The Hall–Kier alpha value is -1.92. The maximum Gasteiger partial charge on any atom is 0.326 e. The van der Waals surface area contributed by atoms with Gasteiger partial charge in [0.25, 0.3) is 0 Å². The van der Waals surface area contributed by atoms with Gasteiger partial charge >= 0.3 is 5.97 Å². The molecule has 1 saturated heterocycles. The molecule has 1 heterocycles. The number of carbonyl (C=O) groups is 4. The minimum atomic E-state index is -1.10.